The van der Waals surface area contributed by atoms with Gasteiger partial charge in [-0.2, -0.15) is 5.26 Å². The number of aromatic nitrogens is 2. The zero-order valence-corrected chi connectivity index (χ0v) is 7.70. The molecule has 2 aromatic heterocycles. The summed E-state index contributed by atoms with van der Waals surface area (Å²) in [6, 6.07) is 3.87. The lowest BCUT2D eigenvalue weighted by molar-refractivity contribution is 1.38. The van der Waals surface area contributed by atoms with Gasteiger partial charge in [-0.25, -0.2) is 0 Å². The minimum Gasteiger partial charge on any atom is -0.359 e. The molecule has 0 saturated heterocycles. The van der Waals surface area contributed by atoms with Crippen molar-refractivity contribution in [2.75, 3.05) is 0 Å². The highest BCUT2D eigenvalue weighted by Gasteiger charge is 2.22. The Labute approximate surface area is 85.4 Å². The van der Waals surface area contributed by atoms with Crippen molar-refractivity contribution in [3.05, 3.63) is 35.2 Å². The molecule has 0 aromatic carbocycles. The number of H-pyrrole nitrogens is 1. The van der Waals surface area contributed by atoms with Gasteiger partial charge in [0.05, 0.1) is 22.3 Å². The van der Waals surface area contributed by atoms with Crippen LogP contribution < -0.4 is 0 Å². The van der Waals surface area contributed by atoms with E-state index in [0.717, 1.165) is 22.2 Å². The first kappa shape index (κ1) is 7.94. The third-order valence-electron chi connectivity index (χ3n) is 2.55. The molecule has 0 bridgehead atoms. The Bertz CT molecular complexity index is 655. The molecule has 0 atom stereocenters. The molecule has 2 N–H and O–H groups in total. The zero-order valence-electron chi connectivity index (χ0n) is 7.70. The standard InChI is InChI=1S/C11H6N4/c12-4-6-3-7-5-15-8-1-2-14-11(8)9(7)10(6)13/h1-3,5,13-14H. The largest absolute Gasteiger partial charge is 0.359 e. The average Bonchev–Trinajstić information content (AvgIpc) is 2.81. The first-order chi connectivity index (χ1) is 7.31. The van der Waals surface area contributed by atoms with Crippen LogP contribution in [0.15, 0.2) is 24.0 Å². The van der Waals surface area contributed by atoms with Crippen LogP contribution in [0, 0.1) is 16.7 Å². The number of nitrogens with zero attached hydrogens (tertiary/aromatic N) is 2. The molecule has 0 amide bonds. The third kappa shape index (κ3) is 0.891. The lowest BCUT2D eigenvalue weighted by Crippen LogP contribution is -1.98. The molecule has 0 radical (unpaired) electrons. The maximum atomic E-state index is 8.84. The second-order valence-corrected chi connectivity index (χ2v) is 3.37. The van der Waals surface area contributed by atoms with E-state index in [1.54, 1.807) is 18.5 Å². The van der Waals surface area contributed by atoms with Crippen LogP contribution in [-0.4, -0.2) is 15.7 Å². The Balaban J connectivity index is 2.41. The summed E-state index contributed by atoms with van der Waals surface area (Å²) < 4.78 is 0. The van der Waals surface area contributed by atoms with Gasteiger partial charge in [-0.05, 0) is 12.1 Å². The monoisotopic (exact) mass is 194 g/mol. The van der Waals surface area contributed by atoms with E-state index in [0.29, 0.717) is 5.57 Å². The van der Waals surface area contributed by atoms with Crippen molar-refractivity contribution < 1.29 is 0 Å². The molecule has 0 unspecified atom stereocenters. The van der Waals surface area contributed by atoms with Gasteiger partial charge in [0.2, 0.25) is 0 Å². The first-order valence-electron chi connectivity index (χ1n) is 4.48. The number of fused-ring (bicyclic) bond motifs is 3. The summed E-state index contributed by atoms with van der Waals surface area (Å²) in [5.74, 6) is 0. The summed E-state index contributed by atoms with van der Waals surface area (Å²) in [7, 11) is 0. The fraction of sp³-hybridized carbons (Fsp3) is 0. The highest BCUT2D eigenvalue weighted by atomic mass is 14.8. The van der Waals surface area contributed by atoms with Gasteiger partial charge in [-0.1, -0.05) is 0 Å². The predicted octanol–water partition coefficient (Wildman–Crippen LogP) is 1.85. The number of allylic oxidation sites excluding steroid dienone is 1. The van der Waals surface area contributed by atoms with Gasteiger partial charge in [-0.15, -0.1) is 0 Å². The molecule has 0 fully saturated rings. The van der Waals surface area contributed by atoms with E-state index >= 15 is 0 Å². The molecule has 4 nitrogen and oxygen atoms in total. The SMILES string of the molecule is N#CC1=Cc2cnc3cc[nH]c3c2C1=N. The highest BCUT2D eigenvalue weighted by Crippen LogP contribution is 2.29. The summed E-state index contributed by atoms with van der Waals surface area (Å²) in [6.07, 6.45) is 5.19. The van der Waals surface area contributed by atoms with E-state index in [1.807, 2.05) is 12.1 Å². The fourth-order valence-corrected chi connectivity index (χ4v) is 1.85. The quantitative estimate of drug-likeness (QED) is 0.671. The Morgan fingerprint density at radius 2 is 2.33 bits per heavy atom. The summed E-state index contributed by atoms with van der Waals surface area (Å²) in [5, 5.41) is 16.7. The Morgan fingerprint density at radius 3 is 3.13 bits per heavy atom. The molecule has 4 heteroatoms. The Morgan fingerprint density at radius 1 is 1.47 bits per heavy atom. The van der Waals surface area contributed by atoms with E-state index in [-0.39, 0.29) is 5.71 Å². The number of rotatable bonds is 0. The number of hydrogen-bond donors (Lipinski definition) is 2. The molecule has 15 heavy (non-hydrogen) atoms. The van der Waals surface area contributed by atoms with E-state index < -0.39 is 0 Å². The minimum atomic E-state index is 0.280. The summed E-state index contributed by atoms with van der Waals surface area (Å²) in [6.45, 7) is 0. The second kappa shape index (κ2) is 2.55. The van der Waals surface area contributed by atoms with Crippen LogP contribution >= 0.6 is 0 Å². The van der Waals surface area contributed by atoms with Crippen molar-refractivity contribution in [3.8, 4) is 6.07 Å². The van der Waals surface area contributed by atoms with Crippen LogP contribution in [0.5, 0.6) is 0 Å². The van der Waals surface area contributed by atoms with Gasteiger partial charge in [-0.3, -0.25) is 10.4 Å². The van der Waals surface area contributed by atoms with E-state index in [9.17, 15) is 0 Å². The molecule has 2 aromatic rings. The van der Waals surface area contributed by atoms with Gasteiger partial charge in [0.25, 0.3) is 0 Å². The minimum absolute atomic E-state index is 0.280. The van der Waals surface area contributed by atoms with E-state index in [2.05, 4.69) is 9.97 Å². The smallest absolute Gasteiger partial charge is 0.101 e. The molecule has 1 aliphatic carbocycles. The lowest BCUT2D eigenvalue weighted by Gasteiger charge is -2.00. The lowest BCUT2D eigenvalue weighted by atomic mass is 10.1. The number of nitrogens with one attached hydrogen (secondary N) is 2. The van der Waals surface area contributed by atoms with Crippen LogP contribution in [-0.2, 0) is 0 Å². The topological polar surface area (TPSA) is 76.3 Å². The summed E-state index contributed by atoms with van der Waals surface area (Å²) in [4.78, 5) is 7.28. The predicted molar refractivity (Wildman–Crippen MR) is 56.5 cm³/mol. The number of hydrogen-bond acceptors (Lipinski definition) is 3. The summed E-state index contributed by atoms with van der Waals surface area (Å²) in [5.41, 5.74) is 3.95. The molecule has 0 saturated carbocycles. The van der Waals surface area contributed by atoms with Crippen LogP contribution in [0.4, 0.5) is 0 Å². The normalized spacial score (nSPS) is 13.8. The molecular weight excluding hydrogens is 188 g/mol. The highest BCUT2D eigenvalue weighted by molar-refractivity contribution is 6.26. The van der Waals surface area contributed by atoms with Crippen molar-refractivity contribution in [2.45, 2.75) is 0 Å². The number of pyridine rings is 1. The van der Waals surface area contributed by atoms with Crippen LogP contribution in [0.2, 0.25) is 0 Å². The van der Waals surface area contributed by atoms with E-state index in [1.165, 1.54) is 0 Å². The zero-order chi connectivity index (χ0) is 10.4. The molecular formula is C11H6N4. The maximum Gasteiger partial charge on any atom is 0.101 e. The van der Waals surface area contributed by atoms with Gasteiger partial charge in [0.15, 0.2) is 0 Å². The number of aromatic amines is 1. The van der Waals surface area contributed by atoms with Gasteiger partial charge in [0, 0.05) is 23.5 Å². The molecule has 70 valence electrons. The first-order valence-corrected chi connectivity index (χ1v) is 4.48. The maximum absolute atomic E-state index is 8.84. The molecule has 0 aliphatic heterocycles. The van der Waals surface area contributed by atoms with Crippen molar-refractivity contribution in [1.82, 2.24) is 9.97 Å². The Kier molecular flexibility index (Phi) is 1.35. The van der Waals surface area contributed by atoms with Crippen LogP contribution in [0.25, 0.3) is 17.1 Å². The molecule has 2 heterocycles. The third-order valence-corrected chi connectivity index (χ3v) is 2.55. The average molecular weight is 194 g/mol. The summed E-state index contributed by atoms with van der Waals surface area (Å²) >= 11 is 0. The van der Waals surface area contributed by atoms with Crippen molar-refractivity contribution >= 4 is 22.8 Å². The van der Waals surface area contributed by atoms with Crippen LogP contribution in [0.3, 0.4) is 0 Å². The molecule has 0 spiro atoms. The molecule has 1 aliphatic rings. The van der Waals surface area contributed by atoms with Crippen molar-refractivity contribution in [2.24, 2.45) is 0 Å². The van der Waals surface area contributed by atoms with Gasteiger partial charge < -0.3 is 4.98 Å². The van der Waals surface area contributed by atoms with Crippen molar-refractivity contribution in [1.29, 1.82) is 10.7 Å². The number of nitriles is 1. The van der Waals surface area contributed by atoms with Crippen molar-refractivity contribution in [3.63, 3.8) is 0 Å². The molecule has 3 rings (SSSR count). The van der Waals surface area contributed by atoms with Gasteiger partial charge >= 0.3 is 0 Å². The van der Waals surface area contributed by atoms with Gasteiger partial charge in [0.1, 0.15) is 6.07 Å². The van der Waals surface area contributed by atoms with E-state index in [4.69, 9.17) is 10.7 Å². The fourth-order valence-electron chi connectivity index (χ4n) is 1.85. The second-order valence-electron chi connectivity index (χ2n) is 3.37. The van der Waals surface area contributed by atoms with Crippen LogP contribution in [0.1, 0.15) is 11.1 Å². The Hall–Kier alpha value is -2.41.